The average molecular weight is 271 g/mol. The lowest BCUT2D eigenvalue weighted by Gasteiger charge is -2.21. The monoisotopic (exact) mass is 271 g/mol. The van der Waals surface area contributed by atoms with Gasteiger partial charge < -0.3 is 20.6 Å². The minimum absolute atomic E-state index is 0.203. The van der Waals surface area contributed by atoms with Gasteiger partial charge in [0.25, 0.3) is 0 Å². The molecule has 0 aromatic rings. The van der Waals surface area contributed by atoms with Crippen molar-refractivity contribution in [3.8, 4) is 0 Å². The van der Waals surface area contributed by atoms with Crippen molar-refractivity contribution in [2.75, 3.05) is 19.6 Å². The molecular formula is C11H17N3O5. The second-order valence-corrected chi connectivity index (χ2v) is 4.27. The molecule has 0 saturated carbocycles. The normalized spacial score (nSPS) is 17.9. The number of carbonyl (C=O) groups is 4. The third-order valence-electron chi connectivity index (χ3n) is 2.79. The Morgan fingerprint density at radius 2 is 1.89 bits per heavy atom. The molecule has 0 aromatic heterocycles. The SMILES string of the molecule is CC(=O)NCC(=O)NCC(=O)N1CCC[C@H]1C(=O)O. The van der Waals surface area contributed by atoms with E-state index >= 15 is 0 Å². The fraction of sp³-hybridized carbons (Fsp3) is 0.636. The van der Waals surface area contributed by atoms with E-state index < -0.39 is 23.8 Å². The number of nitrogens with zero attached hydrogens (tertiary/aromatic N) is 1. The molecule has 3 amide bonds. The number of nitrogens with one attached hydrogen (secondary N) is 2. The summed E-state index contributed by atoms with van der Waals surface area (Å²) in [6, 6.07) is -0.806. The van der Waals surface area contributed by atoms with E-state index in [0.717, 1.165) is 0 Å². The number of aliphatic carboxylic acids is 1. The first-order chi connectivity index (χ1) is 8.91. The van der Waals surface area contributed by atoms with Crippen molar-refractivity contribution in [3.05, 3.63) is 0 Å². The number of rotatable bonds is 5. The van der Waals surface area contributed by atoms with E-state index in [0.29, 0.717) is 19.4 Å². The van der Waals surface area contributed by atoms with Crippen LogP contribution in [0.1, 0.15) is 19.8 Å². The zero-order valence-electron chi connectivity index (χ0n) is 10.6. The highest BCUT2D eigenvalue weighted by Crippen LogP contribution is 2.16. The molecule has 0 spiro atoms. The summed E-state index contributed by atoms with van der Waals surface area (Å²) < 4.78 is 0. The van der Waals surface area contributed by atoms with Gasteiger partial charge in [0.15, 0.2) is 0 Å². The fourth-order valence-electron chi connectivity index (χ4n) is 1.86. The van der Waals surface area contributed by atoms with Crippen LogP contribution in [-0.4, -0.2) is 59.4 Å². The second-order valence-electron chi connectivity index (χ2n) is 4.27. The highest BCUT2D eigenvalue weighted by Gasteiger charge is 2.33. The van der Waals surface area contributed by atoms with Crippen LogP contribution >= 0.6 is 0 Å². The van der Waals surface area contributed by atoms with E-state index in [9.17, 15) is 19.2 Å². The van der Waals surface area contributed by atoms with Gasteiger partial charge in [-0.15, -0.1) is 0 Å². The summed E-state index contributed by atoms with van der Waals surface area (Å²) in [6.45, 7) is 1.20. The van der Waals surface area contributed by atoms with E-state index in [2.05, 4.69) is 10.6 Å². The van der Waals surface area contributed by atoms with E-state index in [1.807, 2.05) is 0 Å². The second kappa shape index (κ2) is 6.72. The summed E-state index contributed by atoms with van der Waals surface area (Å²) in [5.41, 5.74) is 0. The number of carboxylic acid groups (broad SMARTS) is 1. The number of hydrogen-bond acceptors (Lipinski definition) is 4. The van der Waals surface area contributed by atoms with Crippen molar-refractivity contribution >= 4 is 23.7 Å². The molecule has 106 valence electrons. The minimum Gasteiger partial charge on any atom is -0.480 e. The molecule has 0 bridgehead atoms. The molecule has 1 atom stereocenters. The van der Waals surface area contributed by atoms with Crippen molar-refractivity contribution in [2.24, 2.45) is 0 Å². The van der Waals surface area contributed by atoms with Crippen LogP contribution in [-0.2, 0) is 19.2 Å². The minimum atomic E-state index is -1.03. The van der Waals surface area contributed by atoms with Gasteiger partial charge in [0.1, 0.15) is 6.04 Å². The molecule has 0 aromatic carbocycles. The maximum atomic E-state index is 11.8. The first-order valence-corrected chi connectivity index (χ1v) is 5.95. The van der Waals surface area contributed by atoms with Crippen LogP contribution in [0.4, 0.5) is 0 Å². The van der Waals surface area contributed by atoms with Crippen LogP contribution in [0, 0.1) is 0 Å². The van der Waals surface area contributed by atoms with E-state index in [1.165, 1.54) is 11.8 Å². The van der Waals surface area contributed by atoms with Crippen molar-refractivity contribution in [1.82, 2.24) is 15.5 Å². The summed E-state index contributed by atoms with van der Waals surface area (Å²) in [5.74, 6) is -2.29. The van der Waals surface area contributed by atoms with Gasteiger partial charge in [0.05, 0.1) is 13.1 Å². The number of hydrogen-bond donors (Lipinski definition) is 3. The molecule has 8 heteroatoms. The quantitative estimate of drug-likeness (QED) is 0.552. The largest absolute Gasteiger partial charge is 0.480 e. The first-order valence-electron chi connectivity index (χ1n) is 5.95. The number of likely N-dealkylation sites (tertiary alicyclic amines) is 1. The Kier molecular flexibility index (Phi) is 5.28. The lowest BCUT2D eigenvalue weighted by molar-refractivity contribution is -0.148. The molecule has 3 N–H and O–H groups in total. The summed E-state index contributed by atoms with van der Waals surface area (Å²) in [6.07, 6.45) is 1.07. The van der Waals surface area contributed by atoms with Gasteiger partial charge in [-0.3, -0.25) is 14.4 Å². The molecule has 1 aliphatic heterocycles. The van der Waals surface area contributed by atoms with Gasteiger partial charge in [-0.05, 0) is 12.8 Å². The Morgan fingerprint density at radius 3 is 2.47 bits per heavy atom. The van der Waals surface area contributed by atoms with Crippen LogP contribution in [0.3, 0.4) is 0 Å². The van der Waals surface area contributed by atoms with Gasteiger partial charge in [-0.1, -0.05) is 0 Å². The Morgan fingerprint density at radius 1 is 1.21 bits per heavy atom. The number of carboxylic acids is 1. The molecule has 1 aliphatic rings. The molecule has 1 heterocycles. The molecule has 8 nitrogen and oxygen atoms in total. The third kappa shape index (κ3) is 4.57. The van der Waals surface area contributed by atoms with E-state index in [4.69, 9.17) is 5.11 Å². The third-order valence-corrected chi connectivity index (χ3v) is 2.79. The lowest BCUT2D eigenvalue weighted by atomic mass is 10.2. The Labute approximate surface area is 110 Å². The van der Waals surface area contributed by atoms with E-state index in [1.54, 1.807) is 0 Å². The van der Waals surface area contributed by atoms with Crippen LogP contribution in [0.2, 0.25) is 0 Å². The molecule has 19 heavy (non-hydrogen) atoms. The van der Waals surface area contributed by atoms with Gasteiger partial charge in [-0.25, -0.2) is 4.79 Å². The topological polar surface area (TPSA) is 116 Å². The molecule has 0 aliphatic carbocycles. The smallest absolute Gasteiger partial charge is 0.326 e. The first kappa shape index (κ1) is 14.9. The fourth-order valence-corrected chi connectivity index (χ4v) is 1.86. The molecule has 1 fully saturated rings. The number of carbonyl (C=O) groups excluding carboxylic acids is 3. The van der Waals surface area contributed by atoms with Crippen molar-refractivity contribution in [1.29, 1.82) is 0 Å². The van der Waals surface area contributed by atoms with Crippen molar-refractivity contribution in [3.63, 3.8) is 0 Å². The molecule has 0 unspecified atom stereocenters. The summed E-state index contributed by atoms with van der Waals surface area (Å²) in [4.78, 5) is 45.8. The molecule has 0 radical (unpaired) electrons. The lowest BCUT2D eigenvalue weighted by Crippen LogP contribution is -2.46. The highest BCUT2D eigenvalue weighted by atomic mass is 16.4. The highest BCUT2D eigenvalue weighted by molar-refractivity contribution is 5.89. The predicted molar refractivity (Wildman–Crippen MR) is 64.1 cm³/mol. The molecule has 1 saturated heterocycles. The van der Waals surface area contributed by atoms with Gasteiger partial charge in [0.2, 0.25) is 17.7 Å². The zero-order chi connectivity index (χ0) is 14.4. The molecule has 1 rings (SSSR count). The zero-order valence-corrected chi connectivity index (χ0v) is 10.6. The maximum Gasteiger partial charge on any atom is 0.326 e. The van der Waals surface area contributed by atoms with Crippen molar-refractivity contribution < 1.29 is 24.3 Å². The van der Waals surface area contributed by atoms with Crippen LogP contribution in [0.25, 0.3) is 0 Å². The Hall–Kier alpha value is -2.12. The summed E-state index contributed by atoms with van der Waals surface area (Å²) in [5, 5.41) is 13.6. The Balaban J connectivity index is 2.36. The summed E-state index contributed by atoms with van der Waals surface area (Å²) >= 11 is 0. The average Bonchev–Trinajstić information content (AvgIpc) is 2.82. The maximum absolute atomic E-state index is 11.8. The van der Waals surface area contributed by atoms with Gasteiger partial charge in [-0.2, -0.15) is 0 Å². The summed E-state index contributed by atoms with van der Waals surface area (Å²) in [7, 11) is 0. The van der Waals surface area contributed by atoms with Crippen molar-refractivity contribution in [2.45, 2.75) is 25.8 Å². The van der Waals surface area contributed by atoms with Crippen LogP contribution in [0.15, 0.2) is 0 Å². The predicted octanol–water partition coefficient (Wildman–Crippen LogP) is -1.69. The number of amides is 3. The van der Waals surface area contributed by atoms with Gasteiger partial charge in [0, 0.05) is 13.5 Å². The Bertz CT molecular complexity index is 396. The van der Waals surface area contributed by atoms with Gasteiger partial charge >= 0.3 is 5.97 Å². The van der Waals surface area contributed by atoms with E-state index in [-0.39, 0.29) is 19.0 Å². The van der Waals surface area contributed by atoms with Crippen LogP contribution in [0.5, 0.6) is 0 Å². The molecular weight excluding hydrogens is 254 g/mol. The van der Waals surface area contributed by atoms with Crippen LogP contribution < -0.4 is 10.6 Å². The standard InChI is InChI=1S/C11H17N3O5/c1-7(15)12-5-9(16)13-6-10(17)14-4-2-3-8(14)11(18)19/h8H,2-6H2,1H3,(H,12,15)(H,13,16)(H,18,19)/t8-/m0/s1.